The maximum atomic E-state index is 11.6. The van der Waals surface area contributed by atoms with Crippen LogP contribution in [0.2, 0.25) is 0 Å². The Labute approximate surface area is 105 Å². The molecule has 1 amide bonds. The van der Waals surface area contributed by atoms with Crippen LogP contribution < -0.4 is 4.90 Å². The van der Waals surface area contributed by atoms with E-state index in [4.69, 9.17) is 0 Å². The van der Waals surface area contributed by atoms with Crippen molar-refractivity contribution in [3.05, 3.63) is 29.8 Å². The van der Waals surface area contributed by atoms with E-state index in [1.54, 1.807) is 4.90 Å². The number of benzene rings is 1. The predicted molar refractivity (Wildman–Crippen MR) is 66.6 cm³/mol. The number of hydrogen-bond donors (Lipinski definition) is 1. The first-order chi connectivity index (χ1) is 8.63. The third kappa shape index (κ3) is 1.60. The fraction of sp³-hybridized carbons (Fsp3) is 0.429. The Balaban J connectivity index is 1.86. The number of amides is 1. The van der Waals surface area contributed by atoms with E-state index < -0.39 is 11.4 Å². The van der Waals surface area contributed by atoms with Gasteiger partial charge < -0.3 is 10.0 Å². The second kappa shape index (κ2) is 3.83. The quantitative estimate of drug-likeness (QED) is 0.885. The second-order valence-corrected chi connectivity index (χ2v) is 5.08. The molecule has 1 aliphatic heterocycles. The number of nitrogens with zero attached hydrogens (tertiary/aromatic N) is 1. The SMILES string of the molecule is O=C1CCCN1c1ccc(C2(C(=O)O)CC2)cc1. The van der Waals surface area contributed by atoms with Gasteiger partial charge in [0, 0.05) is 18.7 Å². The third-order valence-corrected chi connectivity index (χ3v) is 3.96. The molecule has 2 aliphatic rings. The van der Waals surface area contributed by atoms with Crippen LogP contribution in [0, 0.1) is 0 Å². The Morgan fingerprint density at radius 1 is 1.22 bits per heavy atom. The van der Waals surface area contributed by atoms with Crippen molar-refractivity contribution in [2.75, 3.05) is 11.4 Å². The van der Waals surface area contributed by atoms with Crippen molar-refractivity contribution in [1.82, 2.24) is 0 Å². The van der Waals surface area contributed by atoms with Gasteiger partial charge in [0.25, 0.3) is 0 Å². The summed E-state index contributed by atoms with van der Waals surface area (Å²) < 4.78 is 0. The topological polar surface area (TPSA) is 57.6 Å². The Morgan fingerprint density at radius 2 is 1.89 bits per heavy atom. The summed E-state index contributed by atoms with van der Waals surface area (Å²) >= 11 is 0. The summed E-state index contributed by atoms with van der Waals surface area (Å²) in [6.07, 6.45) is 2.94. The van der Waals surface area contributed by atoms with Gasteiger partial charge in [0.05, 0.1) is 5.41 Å². The van der Waals surface area contributed by atoms with E-state index in [1.165, 1.54) is 0 Å². The minimum absolute atomic E-state index is 0.155. The van der Waals surface area contributed by atoms with Crippen molar-refractivity contribution in [3.8, 4) is 0 Å². The van der Waals surface area contributed by atoms with Gasteiger partial charge in [0.15, 0.2) is 0 Å². The van der Waals surface area contributed by atoms with Crippen molar-refractivity contribution in [3.63, 3.8) is 0 Å². The zero-order chi connectivity index (χ0) is 12.8. The number of rotatable bonds is 3. The van der Waals surface area contributed by atoms with Gasteiger partial charge in [-0.25, -0.2) is 0 Å². The van der Waals surface area contributed by atoms with Gasteiger partial charge >= 0.3 is 5.97 Å². The molecule has 1 aromatic carbocycles. The van der Waals surface area contributed by atoms with E-state index in [2.05, 4.69) is 0 Å². The number of anilines is 1. The molecular weight excluding hydrogens is 230 g/mol. The Morgan fingerprint density at radius 3 is 2.33 bits per heavy atom. The van der Waals surface area contributed by atoms with Crippen LogP contribution >= 0.6 is 0 Å². The summed E-state index contributed by atoms with van der Waals surface area (Å²) in [4.78, 5) is 24.6. The molecule has 0 aromatic heterocycles. The molecule has 18 heavy (non-hydrogen) atoms. The lowest BCUT2D eigenvalue weighted by atomic mass is 9.96. The Hall–Kier alpha value is -1.84. The van der Waals surface area contributed by atoms with Gasteiger partial charge in [-0.1, -0.05) is 12.1 Å². The van der Waals surface area contributed by atoms with Crippen LogP contribution in [0.1, 0.15) is 31.2 Å². The first-order valence-corrected chi connectivity index (χ1v) is 6.28. The average Bonchev–Trinajstić information content (AvgIpc) is 3.08. The lowest BCUT2D eigenvalue weighted by Crippen LogP contribution is -2.24. The van der Waals surface area contributed by atoms with Crippen molar-refractivity contribution in [2.45, 2.75) is 31.1 Å². The highest BCUT2D eigenvalue weighted by Gasteiger charge is 2.51. The summed E-state index contributed by atoms with van der Waals surface area (Å²) in [5.74, 6) is -0.588. The van der Waals surface area contributed by atoms with Gasteiger partial charge in [-0.05, 0) is 37.0 Å². The highest BCUT2D eigenvalue weighted by Crippen LogP contribution is 2.48. The molecule has 0 unspecified atom stereocenters. The zero-order valence-corrected chi connectivity index (χ0v) is 10.1. The number of carboxylic acids is 1. The zero-order valence-electron chi connectivity index (χ0n) is 10.1. The molecule has 1 aliphatic carbocycles. The summed E-state index contributed by atoms with van der Waals surface area (Å²) in [5, 5.41) is 9.22. The largest absolute Gasteiger partial charge is 0.481 e. The van der Waals surface area contributed by atoms with E-state index >= 15 is 0 Å². The van der Waals surface area contributed by atoms with Gasteiger partial charge in [0.2, 0.25) is 5.91 Å². The van der Waals surface area contributed by atoms with Gasteiger partial charge in [-0.15, -0.1) is 0 Å². The molecule has 3 rings (SSSR count). The maximum absolute atomic E-state index is 11.6. The summed E-state index contributed by atoms with van der Waals surface area (Å²) in [7, 11) is 0. The summed E-state index contributed by atoms with van der Waals surface area (Å²) in [6.45, 7) is 0.766. The van der Waals surface area contributed by atoms with Crippen LogP contribution in [0.25, 0.3) is 0 Å². The fourth-order valence-corrected chi connectivity index (χ4v) is 2.63. The van der Waals surface area contributed by atoms with Crippen LogP contribution in [0.3, 0.4) is 0 Å². The van der Waals surface area contributed by atoms with Crippen LogP contribution in [0.4, 0.5) is 5.69 Å². The highest BCUT2D eigenvalue weighted by atomic mass is 16.4. The average molecular weight is 245 g/mol. The van der Waals surface area contributed by atoms with Crippen molar-refractivity contribution < 1.29 is 14.7 Å². The molecule has 0 bridgehead atoms. The smallest absolute Gasteiger partial charge is 0.314 e. The monoisotopic (exact) mass is 245 g/mol. The van der Waals surface area contributed by atoms with Crippen molar-refractivity contribution in [2.24, 2.45) is 0 Å². The third-order valence-electron chi connectivity index (χ3n) is 3.96. The predicted octanol–water partition coefficient (Wildman–Crippen LogP) is 1.93. The number of hydrogen-bond acceptors (Lipinski definition) is 2. The maximum Gasteiger partial charge on any atom is 0.314 e. The molecule has 1 heterocycles. The van der Waals surface area contributed by atoms with E-state index in [0.29, 0.717) is 19.3 Å². The first-order valence-electron chi connectivity index (χ1n) is 6.28. The molecule has 2 fully saturated rings. The second-order valence-electron chi connectivity index (χ2n) is 5.08. The number of carboxylic acid groups (broad SMARTS) is 1. The molecular formula is C14H15NO3. The standard InChI is InChI=1S/C14H15NO3/c16-12-2-1-9-15(12)11-5-3-10(4-6-11)14(7-8-14)13(17)18/h3-6H,1-2,7-9H2,(H,17,18). The highest BCUT2D eigenvalue weighted by molar-refractivity contribution is 5.95. The summed E-state index contributed by atoms with van der Waals surface area (Å²) in [5.41, 5.74) is 1.07. The molecule has 0 spiro atoms. The van der Waals surface area contributed by atoms with Crippen LogP contribution in [0.15, 0.2) is 24.3 Å². The van der Waals surface area contributed by atoms with Gasteiger partial charge in [0.1, 0.15) is 0 Å². The normalized spacial score (nSPS) is 21.1. The lowest BCUT2D eigenvalue weighted by molar-refractivity contribution is -0.140. The van der Waals surface area contributed by atoms with E-state index in [0.717, 1.165) is 24.2 Å². The van der Waals surface area contributed by atoms with Crippen LogP contribution in [-0.4, -0.2) is 23.5 Å². The van der Waals surface area contributed by atoms with E-state index in [9.17, 15) is 14.7 Å². The molecule has 4 nitrogen and oxygen atoms in total. The minimum Gasteiger partial charge on any atom is -0.481 e. The minimum atomic E-state index is -0.743. The molecule has 0 radical (unpaired) electrons. The molecule has 4 heteroatoms. The van der Waals surface area contributed by atoms with Crippen molar-refractivity contribution >= 4 is 17.6 Å². The molecule has 1 N–H and O–H groups in total. The number of carbonyl (C=O) groups is 2. The van der Waals surface area contributed by atoms with Crippen molar-refractivity contribution in [1.29, 1.82) is 0 Å². The Bertz CT molecular complexity index is 502. The Kier molecular flexibility index (Phi) is 2.40. The molecule has 1 aromatic rings. The first kappa shape index (κ1) is 11.3. The molecule has 1 saturated heterocycles. The molecule has 0 atom stereocenters. The summed E-state index contributed by atoms with van der Waals surface area (Å²) in [6, 6.07) is 7.42. The van der Waals surface area contributed by atoms with E-state index in [1.807, 2.05) is 24.3 Å². The number of carbonyl (C=O) groups excluding carboxylic acids is 1. The fourth-order valence-electron chi connectivity index (χ4n) is 2.63. The lowest BCUT2D eigenvalue weighted by Gasteiger charge is -2.17. The van der Waals surface area contributed by atoms with Crippen LogP contribution in [-0.2, 0) is 15.0 Å². The van der Waals surface area contributed by atoms with E-state index in [-0.39, 0.29) is 5.91 Å². The molecule has 94 valence electrons. The van der Waals surface area contributed by atoms with Gasteiger partial charge in [-0.2, -0.15) is 0 Å². The molecule has 1 saturated carbocycles. The van der Waals surface area contributed by atoms with Crippen LogP contribution in [0.5, 0.6) is 0 Å². The van der Waals surface area contributed by atoms with Gasteiger partial charge in [-0.3, -0.25) is 9.59 Å². The number of aliphatic carboxylic acids is 1.